The monoisotopic (exact) mass is 345 g/mol. The molecule has 1 aliphatic carbocycles. The van der Waals surface area contributed by atoms with Gasteiger partial charge in [-0.05, 0) is 37.8 Å². The Morgan fingerprint density at radius 2 is 1.56 bits per heavy atom. The highest BCUT2D eigenvalue weighted by molar-refractivity contribution is 5.89. The van der Waals surface area contributed by atoms with E-state index in [-0.39, 0.29) is 18.1 Å². The van der Waals surface area contributed by atoms with Crippen LogP contribution in [0, 0.1) is 0 Å². The van der Waals surface area contributed by atoms with Gasteiger partial charge in [-0.3, -0.25) is 4.98 Å². The molecule has 0 radical (unpaired) electrons. The Labute approximate surface area is 148 Å². The van der Waals surface area contributed by atoms with Crippen LogP contribution in [0.1, 0.15) is 44.9 Å². The molecule has 1 aromatic heterocycles. The van der Waals surface area contributed by atoms with E-state index in [9.17, 15) is 9.59 Å². The number of hydrogen-bond acceptors (Lipinski definition) is 3. The SMILES string of the molecule is O=C(Nc1ccncc1)NC1CCN(C(=O)NC2CCCCC2)CC1. The molecule has 1 saturated heterocycles. The number of urea groups is 2. The van der Waals surface area contributed by atoms with E-state index >= 15 is 0 Å². The zero-order valence-corrected chi connectivity index (χ0v) is 14.5. The van der Waals surface area contributed by atoms with Gasteiger partial charge in [0.25, 0.3) is 0 Å². The van der Waals surface area contributed by atoms with Crippen molar-refractivity contribution in [2.75, 3.05) is 18.4 Å². The summed E-state index contributed by atoms with van der Waals surface area (Å²) in [5, 5.41) is 8.93. The fraction of sp³-hybridized carbons (Fsp3) is 0.611. The van der Waals surface area contributed by atoms with Gasteiger partial charge in [0.1, 0.15) is 0 Å². The van der Waals surface area contributed by atoms with E-state index in [1.165, 1.54) is 19.3 Å². The van der Waals surface area contributed by atoms with Crippen LogP contribution in [0.15, 0.2) is 24.5 Å². The summed E-state index contributed by atoms with van der Waals surface area (Å²) in [6, 6.07) is 3.77. The van der Waals surface area contributed by atoms with Gasteiger partial charge in [0, 0.05) is 43.3 Å². The molecule has 1 saturated carbocycles. The van der Waals surface area contributed by atoms with Crippen LogP contribution in [-0.4, -0.2) is 47.1 Å². The molecular formula is C18H27N5O2. The lowest BCUT2D eigenvalue weighted by atomic mass is 9.95. The number of likely N-dealkylation sites (tertiary alicyclic amines) is 1. The fourth-order valence-electron chi connectivity index (χ4n) is 3.53. The summed E-state index contributed by atoms with van der Waals surface area (Å²) in [4.78, 5) is 30.2. The van der Waals surface area contributed by atoms with Crippen LogP contribution < -0.4 is 16.0 Å². The normalized spacial score (nSPS) is 19.3. The van der Waals surface area contributed by atoms with Crippen molar-refractivity contribution < 1.29 is 9.59 Å². The van der Waals surface area contributed by atoms with Crippen LogP contribution >= 0.6 is 0 Å². The maximum Gasteiger partial charge on any atom is 0.319 e. The minimum Gasteiger partial charge on any atom is -0.335 e. The van der Waals surface area contributed by atoms with Crippen molar-refractivity contribution in [1.82, 2.24) is 20.5 Å². The lowest BCUT2D eigenvalue weighted by molar-refractivity contribution is 0.170. The standard InChI is InChI=1S/C18H27N5O2/c24-17(20-15-6-10-19-11-7-15)21-16-8-12-23(13-9-16)18(25)22-14-4-2-1-3-5-14/h6-7,10-11,14,16H,1-5,8-9,12-13H2,(H,22,25)(H2,19,20,21,24). The predicted molar refractivity (Wildman–Crippen MR) is 96.4 cm³/mol. The molecule has 7 heteroatoms. The van der Waals surface area contributed by atoms with Crippen molar-refractivity contribution in [2.24, 2.45) is 0 Å². The number of aromatic nitrogens is 1. The Kier molecular flexibility index (Phi) is 6.09. The van der Waals surface area contributed by atoms with Crippen LogP contribution in [0.25, 0.3) is 0 Å². The van der Waals surface area contributed by atoms with Crippen molar-refractivity contribution in [3.05, 3.63) is 24.5 Å². The molecule has 0 atom stereocenters. The van der Waals surface area contributed by atoms with Crippen LogP contribution in [0.3, 0.4) is 0 Å². The van der Waals surface area contributed by atoms with Gasteiger partial charge in [-0.2, -0.15) is 0 Å². The Bertz CT molecular complexity index is 566. The molecule has 3 rings (SSSR count). The molecular weight excluding hydrogens is 318 g/mol. The van der Waals surface area contributed by atoms with E-state index in [1.54, 1.807) is 24.5 Å². The summed E-state index contributed by atoms with van der Waals surface area (Å²) in [7, 11) is 0. The highest BCUT2D eigenvalue weighted by Gasteiger charge is 2.25. The maximum absolute atomic E-state index is 12.3. The molecule has 4 amide bonds. The first kappa shape index (κ1) is 17.5. The first-order chi connectivity index (χ1) is 12.2. The molecule has 1 aromatic rings. The number of amides is 4. The van der Waals surface area contributed by atoms with Crippen molar-refractivity contribution in [2.45, 2.75) is 57.0 Å². The molecule has 0 spiro atoms. The third-order valence-electron chi connectivity index (χ3n) is 4.99. The molecule has 1 aliphatic heterocycles. The molecule has 2 fully saturated rings. The van der Waals surface area contributed by atoms with Crippen LogP contribution in [0.5, 0.6) is 0 Å². The van der Waals surface area contributed by atoms with Crippen molar-refractivity contribution in [3.8, 4) is 0 Å². The highest BCUT2D eigenvalue weighted by atomic mass is 16.2. The second-order valence-electron chi connectivity index (χ2n) is 6.88. The second-order valence-corrected chi connectivity index (χ2v) is 6.88. The van der Waals surface area contributed by atoms with Gasteiger partial charge in [0.2, 0.25) is 0 Å². The van der Waals surface area contributed by atoms with Gasteiger partial charge in [-0.15, -0.1) is 0 Å². The number of piperidine rings is 1. The minimum absolute atomic E-state index is 0.0478. The molecule has 7 nitrogen and oxygen atoms in total. The average molecular weight is 345 g/mol. The Morgan fingerprint density at radius 1 is 0.920 bits per heavy atom. The minimum atomic E-state index is -0.212. The van der Waals surface area contributed by atoms with Gasteiger partial charge in [-0.25, -0.2) is 9.59 Å². The molecule has 136 valence electrons. The van der Waals surface area contributed by atoms with E-state index < -0.39 is 0 Å². The van der Waals surface area contributed by atoms with Gasteiger partial charge in [0.05, 0.1) is 0 Å². The summed E-state index contributed by atoms with van der Waals surface area (Å²) < 4.78 is 0. The topological polar surface area (TPSA) is 86.4 Å². The number of hydrogen-bond donors (Lipinski definition) is 3. The van der Waals surface area contributed by atoms with Gasteiger partial charge >= 0.3 is 12.1 Å². The maximum atomic E-state index is 12.3. The summed E-state index contributed by atoms with van der Waals surface area (Å²) in [5.74, 6) is 0. The van der Waals surface area contributed by atoms with E-state index in [4.69, 9.17) is 0 Å². The molecule has 0 aromatic carbocycles. The van der Waals surface area contributed by atoms with Crippen molar-refractivity contribution in [1.29, 1.82) is 0 Å². The Balaban J connectivity index is 1.37. The number of pyridine rings is 1. The van der Waals surface area contributed by atoms with Crippen LogP contribution in [0.4, 0.5) is 15.3 Å². The van der Waals surface area contributed by atoms with Crippen molar-refractivity contribution in [3.63, 3.8) is 0 Å². The van der Waals surface area contributed by atoms with E-state index in [2.05, 4.69) is 20.9 Å². The smallest absolute Gasteiger partial charge is 0.319 e. The fourth-order valence-corrected chi connectivity index (χ4v) is 3.53. The van der Waals surface area contributed by atoms with Gasteiger partial charge in [-0.1, -0.05) is 19.3 Å². The van der Waals surface area contributed by atoms with Crippen LogP contribution in [-0.2, 0) is 0 Å². The number of anilines is 1. The van der Waals surface area contributed by atoms with E-state index in [1.807, 2.05) is 4.90 Å². The molecule has 3 N–H and O–H groups in total. The zero-order chi connectivity index (χ0) is 17.5. The molecule has 0 bridgehead atoms. The van der Waals surface area contributed by atoms with Crippen LogP contribution in [0.2, 0.25) is 0 Å². The third-order valence-corrected chi connectivity index (χ3v) is 4.99. The molecule has 2 aliphatic rings. The quantitative estimate of drug-likeness (QED) is 0.787. The lowest BCUT2D eigenvalue weighted by Crippen LogP contribution is -2.52. The molecule has 0 unspecified atom stereocenters. The van der Waals surface area contributed by atoms with E-state index in [0.717, 1.165) is 31.4 Å². The first-order valence-corrected chi connectivity index (χ1v) is 9.24. The largest absolute Gasteiger partial charge is 0.335 e. The predicted octanol–water partition coefficient (Wildman–Crippen LogP) is 2.71. The summed E-state index contributed by atoms with van der Waals surface area (Å²) in [6.07, 6.45) is 10.7. The first-order valence-electron chi connectivity index (χ1n) is 9.24. The zero-order valence-electron chi connectivity index (χ0n) is 14.5. The number of carbonyl (C=O) groups excluding carboxylic acids is 2. The van der Waals surface area contributed by atoms with Gasteiger partial charge in [0.15, 0.2) is 0 Å². The molecule has 2 heterocycles. The summed E-state index contributed by atoms with van der Waals surface area (Å²) in [5.41, 5.74) is 0.719. The number of carbonyl (C=O) groups is 2. The number of rotatable bonds is 3. The third kappa shape index (κ3) is 5.34. The average Bonchev–Trinajstić information content (AvgIpc) is 2.64. The Hall–Kier alpha value is -2.31. The van der Waals surface area contributed by atoms with E-state index in [0.29, 0.717) is 19.1 Å². The number of nitrogens with one attached hydrogen (secondary N) is 3. The second kappa shape index (κ2) is 8.69. The van der Waals surface area contributed by atoms with Gasteiger partial charge < -0.3 is 20.9 Å². The molecule has 25 heavy (non-hydrogen) atoms. The van der Waals surface area contributed by atoms with Crippen molar-refractivity contribution >= 4 is 17.7 Å². The highest BCUT2D eigenvalue weighted by Crippen LogP contribution is 2.18. The number of nitrogens with zero attached hydrogens (tertiary/aromatic N) is 2. The lowest BCUT2D eigenvalue weighted by Gasteiger charge is -2.34. The summed E-state index contributed by atoms with van der Waals surface area (Å²) >= 11 is 0. The Morgan fingerprint density at radius 3 is 2.24 bits per heavy atom. The summed E-state index contributed by atoms with van der Waals surface area (Å²) in [6.45, 7) is 1.36.